The first-order chi connectivity index (χ1) is 12.0. The first kappa shape index (κ1) is 15.6. The molecule has 3 heterocycles. The Bertz CT molecular complexity index is 954. The average Bonchev–Trinajstić information content (AvgIpc) is 2.60. The summed E-state index contributed by atoms with van der Waals surface area (Å²) in [7, 11) is 2.04. The lowest BCUT2D eigenvalue weighted by molar-refractivity contribution is 0.0664. The van der Waals surface area contributed by atoms with E-state index in [1.54, 1.807) is 18.2 Å². The van der Waals surface area contributed by atoms with E-state index >= 15 is 0 Å². The zero-order valence-electron chi connectivity index (χ0n) is 13.8. The summed E-state index contributed by atoms with van der Waals surface area (Å²) < 4.78 is 5.63. The standard InChI is InChI=1S/C17H18N4O4/c1-20-4-6-21(7-5-20)16(23)10-2-3-13-11(8-10)9-12-14(22)18-17(24)19-15(12)25-13/h2-3,8H,4-7,9H2,1H3,(H2,18,19,22,24). The van der Waals surface area contributed by atoms with Crippen LogP contribution in [0.4, 0.5) is 0 Å². The number of nitrogens with zero attached hydrogens (tertiary/aromatic N) is 2. The first-order valence-electron chi connectivity index (χ1n) is 8.15. The highest BCUT2D eigenvalue weighted by Gasteiger charge is 2.24. The largest absolute Gasteiger partial charge is 0.440 e. The molecule has 2 aromatic rings. The first-order valence-corrected chi connectivity index (χ1v) is 8.15. The maximum absolute atomic E-state index is 12.7. The Balaban J connectivity index is 1.62. The Morgan fingerprint density at radius 2 is 1.88 bits per heavy atom. The molecule has 2 aliphatic heterocycles. The topological polar surface area (TPSA) is 98.5 Å². The second kappa shape index (κ2) is 5.89. The molecule has 0 unspecified atom stereocenters. The van der Waals surface area contributed by atoms with Gasteiger partial charge in [0.2, 0.25) is 5.88 Å². The van der Waals surface area contributed by atoms with Crippen LogP contribution in [0.2, 0.25) is 0 Å². The molecule has 8 nitrogen and oxygen atoms in total. The van der Waals surface area contributed by atoms with Crippen LogP contribution in [0.25, 0.3) is 0 Å². The van der Waals surface area contributed by atoms with Crippen molar-refractivity contribution in [2.24, 2.45) is 0 Å². The molecule has 0 atom stereocenters. The quantitative estimate of drug-likeness (QED) is 0.656. The van der Waals surface area contributed by atoms with Crippen LogP contribution in [0.3, 0.4) is 0 Å². The molecule has 0 bridgehead atoms. The van der Waals surface area contributed by atoms with E-state index in [2.05, 4.69) is 14.9 Å². The predicted molar refractivity (Wildman–Crippen MR) is 90.4 cm³/mol. The van der Waals surface area contributed by atoms with E-state index in [4.69, 9.17) is 4.74 Å². The summed E-state index contributed by atoms with van der Waals surface area (Å²) in [6.45, 7) is 3.12. The Morgan fingerprint density at radius 1 is 1.12 bits per heavy atom. The lowest BCUT2D eigenvalue weighted by atomic mass is 10.0. The third-order valence-corrected chi connectivity index (χ3v) is 4.68. The molecule has 1 saturated heterocycles. The normalized spacial score (nSPS) is 16.8. The number of hydrogen-bond donors (Lipinski definition) is 2. The summed E-state index contributed by atoms with van der Waals surface area (Å²) in [4.78, 5) is 44.7. The van der Waals surface area contributed by atoms with Gasteiger partial charge >= 0.3 is 5.69 Å². The number of piperazine rings is 1. The van der Waals surface area contributed by atoms with Gasteiger partial charge in [0.15, 0.2) is 0 Å². The molecule has 2 aliphatic rings. The van der Waals surface area contributed by atoms with E-state index in [0.29, 0.717) is 36.4 Å². The molecular formula is C17H18N4O4. The van der Waals surface area contributed by atoms with Gasteiger partial charge in [0.1, 0.15) is 5.75 Å². The Morgan fingerprint density at radius 3 is 2.64 bits per heavy atom. The minimum absolute atomic E-state index is 0.0166. The SMILES string of the molecule is CN1CCN(C(=O)c2ccc3c(c2)Cc2c([nH]c(=O)[nH]c2=O)O3)CC1. The van der Waals surface area contributed by atoms with Gasteiger partial charge in [-0.25, -0.2) is 4.79 Å². The highest BCUT2D eigenvalue weighted by atomic mass is 16.5. The van der Waals surface area contributed by atoms with E-state index in [0.717, 1.165) is 18.7 Å². The number of aromatic nitrogens is 2. The summed E-state index contributed by atoms with van der Waals surface area (Å²) in [5.41, 5.74) is 0.617. The van der Waals surface area contributed by atoms with Gasteiger partial charge in [-0.05, 0) is 25.2 Å². The van der Waals surface area contributed by atoms with Crippen molar-refractivity contribution in [3.8, 4) is 11.6 Å². The summed E-state index contributed by atoms with van der Waals surface area (Å²) >= 11 is 0. The van der Waals surface area contributed by atoms with Crippen molar-refractivity contribution in [3.63, 3.8) is 0 Å². The number of carbonyl (C=O) groups is 1. The van der Waals surface area contributed by atoms with E-state index in [1.165, 1.54) is 0 Å². The smallest absolute Gasteiger partial charge is 0.328 e. The predicted octanol–water partition coefficient (Wildman–Crippen LogP) is 0.147. The lowest BCUT2D eigenvalue weighted by Gasteiger charge is -2.32. The average molecular weight is 342 g/mol. The van der Waals surface area contributed by atoms with Crippen molar-refractivity contribution in [1.82, 2.24) is 19.8 Å². The summed E-state index contributed by atoms with van der Waals surface area (Å²) in [6, 6.07) is 5.19. The van der Waals surface area contributed by atoms with Crippen molar-refractivity contribution >= 4 is 5.91 Å². The van der Waals surface area contributed by atoms with Crippen LogP contribution in [0.5, 0.6) is 11.6 Å². The molecule has 4 rings (SSSR count). The van der Waals surface area contributed by atoms with Gasteiger partial charge in [0, 0.05) is 43.7 Å². The van der Waals surface area contributed by atoms with Crippen molar-refractivity contribution < 1.29 is 9.53 Å². The zero-order valence-corrected chi connectivity index (χ0v) is 13.8. The van der Waals surface area contributed by atoms with E-state index in [-0.39, 0.29) is 11.8 Å². The Labute approximate surface area is 143 Å². The number of likely N-dealkylation sites (N-methyl/N-ethyl adjacent to an activating group) is 1. The number of benzene rings is 1. The number of amides is 1. The van der Waals surface area contributed by atoms with Crippen LogP contribution in [-0.4, -0.2) is 58.9 Å². The number of H-pyrrole nitrogens is 2. The molecule has 2 N–H and O–H groups in total. The highest BCUT2D eigenvalue weighted by molar-refractivity contribution is 5.94. The molecule has 1 fully saturated rings. The number of hydrogen-bond acceptors (Lipinski definition) is 5. The van der Waals surface area contributed by atoms with Gasteiger partial charge < -0.3 is 14.5 Å². The molecule has 1 aromatic carbocycles. The minimum atomic E-state index is -0.603. The summed E-state index contributed by atoms with van der Waals surface area (Å²) in [5, 5.41) is 0. The molecular weight excluding hydrogens is 324 g/mol. The lowest BCUT2D eigenvalue weighted by Crippen LogP contribution is -2.47. The van der Waals surface area contributed by atoms with Crippen LogP contribution in [0.15, 0.2) is 27.8 Å². The highest BCUT2D eigenvalue weighted by Crippen LogP contribution is 2.33. The summed E-state index contributed by atoms with van der Waals surface area (Å²) in [6.07, 6.45) is 0.306. The third kappa shape index (κ3) is 2.85. The molecule has 0 spiro atoms. The van der Waals surface area contributed by atoms with Gasteiger partial charge in [0.25, 0.3) is 11.5 Å². The van der Waals surface area contributed by atoms with Gasteiger partial charge in [-0.15, -0.1) is 0 Å². The molecule has 0 aliphatic carbocycles. The molecule has 130 valence electrons. The van der Waals surface area contributed by atoms with Crippen molar-refractivity contribution in [3.05, 3.63) is 55.7 Å². The molecule has 0 radical (unpaired) electrons. The Hall–Kier alpha value is -2.87. The minimum Gasteiger partial charge on any atom is -0.440 e. The van der Waals surface area contributed by atoms with E-state index in [1.807, 2.05) is 11.9 Å². The zero-order chi connectivity index (χ0) is 17.6. The van der Waals surface area contributed by atoms with Crippen LogP contribution in [0, 0.1) is 0 Å². The van der Waals surface area contributed by atoms with Crippen LogP contribution in [-0.2, 0) is 6.42 Å². The summed E-state index contributed by atoms with van der Waals surface area (Å²) in [5.74, 6) is 0.695. The number of aromatic amines is 2. The fourth-order valence-electron chi connectivity index (χ4n) is 3.18. The number of fused-ring (bicyclic) bond motifs is 2. The van der Waals surface area contributed by atoms with Crippen molar-refractivity contribution in [1.29, 1.82) is 0 Å². The van der Waals surface area contributed by atoms with Crippen molar-refractivity contribution in [2.45, 2.75) is 6.42 Å². The molecule has 1 aromatic heterocycles. The van der Waals surface area contributed by atoms with Crippen LogP contribution >= 0.6 is 0 Å². The molecule has 1 amide bonds. The van der Waals surface area contributed by atoms with Gasteiger partial charge in [0.05, 0.1) is 5.56 Å². The Kier molecular flexibility index (Phi) is 3.69. The maximum atomic E-state index is 12.7. The van der Waals surface area contributed by atoms with Crippen LogP contribution < -0.4 is 16.0 Å². The van der Waals surface area contributed by atoms with Gasteiger partial charge in [-0.2, -0.15) is 0 Å². The van der Waals surface area contributed by atoms with Crippen molar-refractivity contribution in [2.75, 3.05) is 33.2 Å². The number of nitrogens with one attached hydrogen (secondary N) is 2. The van der Waals surface area contributed by atoms with Crippen LogP contribution in [0.1, 0.15) is 21.5 Å². The molecule has 25 heavy (non-hydrogen) atoms. The fourth-order valence-corrected chi connectivity index (χ4v) is 3.18. The number of ether oxygens (including phenoxy) is 1. The molecule has 0 saturated carbocycles. The fraction of sp³-hybridized carbons (Fsp3) is 0.353. The second-order valence-corrected chi connectivity index (χ2v) is 6.41. The third-order valence-electron chi connectivity index (χ3n) is 4.68. The number of carbonyl (C=O) groups excluding carboxylic acids is 1. The number of rotatable bonds is 1. The van der Waals surface area contributed by atoms with Gasteiger partial charge in [-0.1, -0.05) is 0 Å². The second-order valence-electron chi connectivity index (χ2n) is 6.41. The monoisotopic (exact) mass is 342 g/mol. The van der Waals surface area contributed by atoms with Gasteiger partial charge in [-0.3, -0.25) is 19.6 Å². The maximum Gasteiger partial charge on any atom is 0.328 e. The van der Waals surface area contributed by atoms with E-state index in [9.17, 15) is 14.4 Å². The molecule has 8 heteroatoms. The van der Waals surface area contributed by atoms with E-state index < -0.39 is 11.2 Å².